The van der Waals surface area contributed by atoms with Crippen molar-refractivity contribution in [1.29, 1.82) is 0 Å². The van der Waals surface area contributed by atoms with Crippen molar-refractivity contribution in [3.05, 3.63) is 34.9 Å². The number of aromatic nitrogens is 2. The molecule has 0 aliphatic carbocycles. The molecule has 3 rings (SSSR count). The Morgan fingerprint density at radius 2 is 2.14 bits per heavy atom. The lowest BCUT2D eigenvalue weighted by atomic mass is 10.1. The normalized spacial score (nSPS) is 20.4. The van der Waals surface area contributed by atoms with Gasteiger partial charge in [0.2, 0.25) is 0 Å². The van der Waals surface area contributed by atoms with Crippen LogP contribution in [0.1, 0.15) is 0 Å². The van der Waals surface area contributed by atoms with Crippen LogP contribution in [0.4, 0.5) is 0 Å². The highest BCUT2D eigenvalue weighted by Crippen LogP contribution is 2.20. The van der Waals surface area contributed by atoms with Crippen molar-refractivity contribution >= 4 is 10.9 Å². The number of piperazine rings is 1. The van der Waals surface area contributed by atoms with E-state index in [1.165, 1.54) is 0 Å². The Bertz CT molecular complexity index is 728. The van der Waals surface area contributed by atoms with Gasteiger partial charge in [0.05, 0.1) is 19.0 Å². The summed E-state index contributed by atoms with van der Waals surface area (Å²) < 4.78 is 7.02. The van der Waals surface area contributed by atoms with E-state index in [0.717, 1.165) is 19.6 Å². The van der Waals surface area contributed by atoms with Crippen molar-refractivity contribution < 1.29 is 4.74 Å². The fraction of sp³-hybridized carbons (Fsp3) is 0.500. The van der Waals surface area contributed by atoms with Crippen LogP contribution in [0.5, 0.6) is 5.75 Å². The molecule has 0 unspecified atom stereocenters. The predicted octanol–water partition coefficient (Wildman–Crippen LogP) is 0.651. The molecule has 0 radical (unpaired) electrons. The van der Waals surface area contributed by atoms with Crippen LogP contribution >= 0.6 is 0 Å². The minimum atomic E-state index is -0.0379. The zero-order valence-corrected chi connectivity index (χ0v) is 13.3. The second kappa shape index (κ2) is 6.06. The Morgan fingerprint density at radius 3 is 2.91 bits per heavy atom. The summed E-state index contributed by atoms with van der Waals surface area (Å²) in [6.07, 6.45) is 1.65. The quantitative estimate of drug-likeness (QED) is 0.833. The van der Waals surface area contributed by atoms with Crippen molar-refractivity contribution in [2.75, 3.05) is 40.8 Å². The SMILES string of the molecule is COc1cccc2ncn(C[C@@H]3CN(C)CCN3C)c(=O)c12. The van der Waals surface area contributed by atoms with Gasteiger partial charge in [-0.2, -0.15) is 0 Å². The van der Waals surface area contributed by atoms with Crippen molar-refractivity contribution in [3.8, 4) is 5.75 Å². The van der Waals surface area contributed by atoms with Crippen LogP contribution in [0.3, 0.4) is 0 Å². The van der Waals surface area contributed by atoms with Gasteiger partial charge in [-0.25, -0.2) is 4.98 Å². The topological polar surface area (TPSA) is 50.6 Å². The van der Waals surface area contributed by atoms with Crippen LogP contribution in [0.25, 0.3) is 10.9 Å². The molecule has 118 valence electrons. The van der Waals surface area contributed by atoms with E-state index in [0.29, 0.717) is 29.2 Å². The van der Waals surface area contributed by atoms with Gasteiger partial charge in [-0.15, -0.1) is 0 Å². The number of nitrogens with zero attached hydrogens (tertiary/aromatic N) is 4. The molecular weight excluding hydrogens is 280 g/mol. The van der Waals surface area contributed by atoms with E-state index >= 15 is 0 Å². The van der Waals surface area contributed by atoms with E-state index in [2.05, 4.69) is 28.9 Å². The number of benzene rings is 1. The molecule has 0 amide bonds. The summed E-state index contributed by atoms with van der Waals surface area (Å²) in [4.78, 5) is 21.8. The van der Waals surface area contributed by atoms with Gasteiger partial charge in [-0.1, -0.05) is 6.07 Å². The van der Waals surface area contributed by atoms with E-state index in [1.807, 2.05) is 12.1 Å². The highest BCUT2D eigenvalue weighted by Gasteiger charge is 2.23. The first-order valence-electron chi connectivity index (χ1n) is 7.51. The molecule has 1 aromatic carbocycles. The number of hydrogen-bond donors (Lipinski definition) is 0. The number of likely N-dealkylation sites (N-methyl/N-ethyl adjacent to an activating group) is 2. The Hall–Kier alpha value is -1.92. The average molecular weight is 302 g/mol. The molecule has 0 bridgehead atoms. The van der Waals surface area contributed by atoms with Gasteiger partial charge in [-0.05, 0) is 26.2 Å². The lowest BCUT2D eigenvalue weighted by Gasteiger charge is -2.37. The molecule has 22 heavy (non-hydrogen) atoms. The smallest absolute Gasteiger partial charge is 0.265 e. The summed E-state index contributed by atoms with van der Waals surface area (Å²) >= 11 is 0. The highest BCUT2D eigenvalue weighted by molar-refractivity contribution is 5.83. The molecule has 0 N–H and O–H groups in total. The molecule has 1 aliphatic heterocycles. The summed E-state index contributed by atoms with van der Waals surface area (Å²) in [5, 5.41) is 0.555. The third-order valence-corrected chi connectivity index (χ3v) is 4.42. The minimum Gasteiger partial charge on any atom is -0.496 e. The fourth-order valence-electron chi connectivity index (χ4n) is 3.00. The molecule has 6 nitrogen and oxygen atoms in total. The first-order chi connectivity index (χ1) is 10.6. The first-order valence-corrected chi connectivity index (χ1v) is 7.51. The maximum atomic E-state index is 12.8. The van der Waals surface area contributed by atoms with E-state index < -0.39 is 0 Å². The highest BCUT2D eigenvalue weighted by atomic mass is 16.5. The third kappa shape index (κ3) is 2.71. The van der Waals surface area contributed by atoms with Gasteiger partial charge >= 0.3 is 0 Å². The molecule has 6 heteroatoms. The van der Waals surface area contributed by atoms with Gasteiger partial charge in [0.25, 0.3) is 5.56 Å². The molecule has 1 atom stereocenters. The van der Waals surface area contributed by atoms with Gasteiger partial charge in [-0.3, -0.25) is 14.3 Å². The minimum absolute atomic E-state index is 0.0379. The zero-order valence-electron chi connectivity index (χ0n) is 13.3. The lowest BCUT2D eigenvalue weighted by Crippen LogP contribution is -2.52. The average Bonchev–Trinajstić information content (AvgIpc) is 2.53. The molecule has 1 saturated heterocycles. The number of ether oxygens (including phenoxy) is 1. The third-order valence-electron chi connectivity index (χ3n) is 4.42. The standard InChI is InChI=1S/C16H22N4O2/c1-18-7-8-19(2)12(9-18)10-20-11-17-13-5-4-6-14(22-3)15(13)16(20)21/h4-6,11-12H,7-10H2,1-3H3/t12-/m0/s1. The van der Waals surface area contributed by atoms with Crippen molar-refractivity contribution in [3.63, 3.8) is 0 Å². The largest absolute Gasteiger partial charge is 0.496 e. The molecule has 1 aliphatic rings. The summed E-state index contributed by atoms with van der Waals surface area (Å²) in [5.41, 5.74) is 0.638. The molecule has 1 aromatic heterocycles. The van der Waals surface area contributed by atoms with E-state index in [4.69, 9.17) is 4.74 Å². The number of rotatable bonds is 3. The van der Waals surface area contributed by atoms with Gasteiger partial charge in [0, 0.05) is 32.2 Å². The van der Waals surface area contributed by atoms with Gasteiger partial charge < -0.3 is 9.64 Å². The van der Waals surface area contributed by atoms with E-state index in [-0.39, 0.29) is 5.56 Å². The number of fused-ring (bicyclic) bond motifs is 1. The second-order valence-electron chi connectivity index (χ2n) is 5.95. The summed E-state index contributed by atoms with van der Waals surface area (Å²) in [5.74, 6) is 0.582. The van der Waals surface area contributed by atoms with Crippen molar-refractivity contribution in [1.82, 2.24) is 19.4 Å². The van der Waals surface area contributed by atoms with E-state index in [9.17, 15) is 4.79 Å². The van der Waals surface area contributed by atoms with Crippen LogP contribution in [-0.2, 0) is 6.54 Å². The Balaban J connectivity index is 1.98. The maximum absolute atomic E-state index is 12.8. The molecular formula is C16H22N4O2. The number of hydrogen-bond acceptors (Lipinski definition) is 5. The molecule has 0 saturated carbocycles. The predicted molar refractivity (Wildman–Crippen MR) is 86.5 cm³/mol. The van der Waals surface area contributed by atoms with Crippen LogP contribution in [-0.4, -0.2) is 66.2 Å². The first kappa shape index (κ1) is 15.0. The Labute approximate surface area is 129 Å². The van der Waals surface area contributed by atoms with Gasteiger partial charge in [0.15, 0.2) is 0 Å². The monoisotopic (exact) mass is 302 g/mol. The summed E-state index contributed by atoms with van der Waals surface area (Å²) in [6, 6.07) is 5.80. The molecule has 0 spiro atoms. The molecule has 1 fully saturated rings. The zero-order chi connectivity index (χ0) is 15.7. The lowest BCUT2D eigenvalue weighted by molar-refractivity contribution is 0.102. The molecule has 2 heterocycles. The van der Waals surface area contributed by atoms with Crippen molar-refractivity contribution in [2.45, 2.75) is 12.6 Å². The fourth-order valence-corrected chi connectivity index (χ4v) is 3.00. The van der Waals surface area contributed by atoms with Crippen LogP contribution in [0.2, 0.25) is 0 Å². The maximum Gasteiger partial charge on any atom is 0.265 e. The number of methoxy groups -OCH3 is 1. The van der Waals surface area contributed by atoms with Crippen molar-refractivity contribution in [2.24, 2.45) is 0 Å². The summed E-state index contributed by atoms with van der Waals surface area (Å²) in [6.45, 7) is 3.67. The summed E-state index contributed by atoms with van der Waals surface area (Å²) in [7, 11) is 5.80. The molecule has 2 aromatic rings. The van der Waals surface area contributed by atoms with Gasteiger partial charge in [0.1, 0.15) is 11.1 Å². The Kier molecular flexibility index (Phi) is 4.13. The van der Waals surface area contributed by atoms with Crippen LogP contribution in [0.15, 0.2) is 29.3 Å². The second-order valence-corrected chi connectivity index (χ2v) is 5.95. The Morgan fingerprint density at radius 1 is 1.32 bits per heavy atom. The van der Waals surface area contributed by atoms with E-state index in [1.54, 1.807) is 24.1 Å². The van der Waals surface area contributed by atoms with Crippen LogP contribution < -0.4 is 10.3 Å². The van der Waals surface area contributed by atoms with Crippen LogP contribution in [0, 0.1) is 0 Å².